The van der Waals surface area contributed by atoms with Gasteiger partial charge in [-0.15, -0.1) is 0 Å². The van der Waals surface area contributed by atoms with E-state index in [1.165, 1.54) is 0 Å². The molecule has 82 valence electrons. The Morgan fingerprint density at radius 1 is 1.53 bits per heavy atom. The molecule has 1 aliphatic carbocycles. The molecule has 0 saturated heterocycles. The molecule has 0 unspecified atom stereocenters. The topological polar surface area (TPSA) is 29.3 Å². The van der Waals surface area contributed by atoms with E-state index in [0.717, 1.165) is 18.4 Å². The van der Waals surface area contributed by atoms with Crippen molar-refractivity contribution in [3.05, 3.63) is 28.0 Å². The molecule has 1 saturated carbocycles. The molecule has 0 atom stereocenters. The first-order chi connectivity index (χ1) is 7.15. The first kappa shape index (κ1) is 10.9. The predicted molar refractivity (Wildman–Crippen MR) is 63.4 cm³/mol. The SMILES string of the molecule is CN(c1ccc(CN)c(Br)c1F)C1CC1. The van der Waals surface area contributed by atoms with Crippen molar-refractivity contribution in [2.75, 3.05) is 11.9 Å². The van der Waals surface area contributed by atoms with Crippen LogP contribution in [0.5, 0.6) is 0 Å². The summed E-state index contributed by atoms with van der Waals surface area (Å²) in [5.41, 5.74) is 6.97. The quantitative estimate of drug-likeness (QED) is 0.917. The van der Waals surface area contributed by atoms with Crippen LogP contribution in [0.1, 0.15) is 18.4 Å². The highest BCUT2D eigenvalue weighted by atomic mass is 79.9. The number of rotatable bonds is 3. The van der Waals surface area contributed by atoms with Crippen molar-refractivity contribution in [1.29, 1.82) is 0 Å². The molecule has 0 amide bonds. The van der Waals surface area contributed by atoms with Crippen molar-refractivity contribution in [2.24, 2.45) is 5.73 Å². The molecule has 1 fully saturated rings. The number of hydrogen-bond acceptors (Lipinski definition) is 2. The molecule has 0 aliphatic heterocycles. The summed E-state index contributed by atoms with van der Waals surface area (Å²) in [4.78, 5) is 2.00. The lowest BCUT2D eigenvalue weighted by Crippen LogP contribution is -2.21. The Hall–Kier alpha value is -0.610. The molecule has 0 spiro atoms. The average molecular weight is 273 g/mol. The van der Waals surface area contributed by atoms with E-state index in [2.05, 4.69) is 15.9 Å². The lowest BCUT2D eigenvalue weighted by Gasteiger charge is -2.20. The maximum absolute atomic E-state index is 13.9. The fraction of sp³-hybridized carbons (Fsp3) is 0.455. The van der Waals surface area contributed by atoms with Crippen LogP contribution in [-0.2, 0) is 6.54 Å². The van der Waals surface area contributed by atoms with E-state index in [9.17, 15) is 4.39 Å². The summed E-state index contributed by atoms with van der Waals surface area (Å²) >= 11 is 3.25. The van der Waals surface area contributed by atoms with E-state index in [-0.39, 0.29) is 5.82 Å². The molecule has 1 aliphatic rings. The van der Waals surface area contributed by atoms with Crippen molar-refractivity contribution in [3.8, 4) is 0 Å². The second-order valence-corrected chi connectivity index (χ2v) is 4.71. The number of nitrogens with two attached hydrogens (primary N) is 1. The third kappa shape index (κ3) is 2.01. The van der Waals surface area contributed by atoms with Gasteiger partial charge >= 0.3 is 0 Å². The van der Waals surface area contributed by atoms with Crippen LogP contribution in [0.2, 0.25) is 0 Å². The van der Waals surface area contributed by atoms with Gasteiger partial charge in [0.15, 0.2) is 5.82 Å². The summed E-state index contributed by atoms with van der Waals surface area (Å²) in [5, 5.41) is 0. The van der Waals surface area contributed by atoms with Crippen molar-refractivity contribution in [1.82, 2.24) is 0 Å². The van der Waals surface area contributed by atoms with E-state index >= 15 is 0 Å². The zero-order valence-corrected chi connectivity index (χ0v) is 10.2. The second kappa shape index (κ2) is 4.10. The maximum Gasteiger partial charge on any atom is 0.160 e. The maximum atomic E-state index is 13.9. The van der Waals surface area contributed by atoms with Crippen molar-refractivity contribution >= 4 is 21.6 Å². The molecule has 0 bridgehead atoms. The number of halogens is 2. The second-order valence-electron chi connectivity index (χ2n) is 3.92. The van der Waals surface area contributed by atoms with Crippen LogP contribution in [0.4, 0.5) is 10.1 Å². The van der Waals surface area contributed by atoms with Crippen molar-refractivity contribution in [2.45, 2.75) is 25.4 Å². The summed E-state index contributed by atoms with van der Waals surface area (Å²) in [5.74, 6) is -0.202. The molecule has 1 aromatic carbocycles. The Bertz CT molecular complexity index is 377. The van der Waals surface area contributed by atoms with Gasteiger partial charge in [-0.2, -0.15) is 0 Å². The summed E-state index contributed by atoms with van der Waals surface area (Å²) < 4.78 is 14.4. The summed E-state index contributed by atoms with van der Waals surface area (Å²) in [6, 6.07) is 4.19. The molecular weight excluding hydrogens is 259 g/mol. The highest BCUT2D eigenvalue weighted by molar-refractivity contribution is 9.10. The highest BCUT2D eigenvalue weighted by Crippen LogP contribution is 2.35. The van der Waals surface area contributed by atoms with E-state index in [4.69, 9.17) is 5.73 Å². The number of nitrogens with zero attached hydrogens (tertiary/aromatic N) is 1. The zero-order chi connectivity index (χ0) is 11.0. The largest absolute Gasteiger partial charge is 0.369 e. The smallest absolute Gasteiger partial charge is 0.160 e. The Morgan fingerprint density at radius 3 is 2.73 bits per heavy atom. The molecule has 1 aromatic rings. The van der Waals surface area contributed by atoms with Gasteiger partial charge in [0.25, 0.3) is 0 Å². The third-order valence-electron chi connectivity index (χ3n) is 2.84. The molecule has 2 nitrogen and oxygen atoms in total. The van der Waals surface area contributed by atoms with Crippen LogP contribution in [0.3, 0.4) is 0 Å². The molecule has 4 heteroatoms. The van der Waals surface area contributed by atoms with Crippen molar-refractivity contribution in [3.63, 3.8) is 0 Å². The Morgan fingerprint density at radius 2 is 2.20 bits per heavy atom. The summed E-state index contributed by atoms with van der Waals surface area (Å²) in [7, 11) is 1.94. The fourth-order valence-corrected chi connectivity index (χ4v) is 2.16. The first-order valence-corrected chi connectivity index (χ1v) is 5.84. The van der Waals surface area contributed by atoms with Crippen LogP contribution in [0.25, 0.3) is 0 Å². The number of anilines is 1. The van der Waals surface area contributed by atoms with Crippen LogP contribution >= 0.6 is 15.9 Å². The van der Waals surface area contributed by atoms with E-state index < -0.39 is 0 Å². The van der Waals surface area contributed by atoms with Crippen LogP contribution < -0.4 is 10.6 Å². The van der Waals surface area contributed by atoms with Crippen LogP contribution in [-0.4, -0.2) is 13.1 Å². The predicted octanol–water partition coefficient (Wildman–Crippen LogP) is 2.65. The highest BCUT2D eigenvalue weighted by Gasteiger charge is 2.28. The third-order valence-corrected chi connectivity index (χ3v) is 3.69. The van der Waals surface area contributed by atoms with Gasteiger partial charge in [-0.25, -0.2) is 4.39 Å². The molecule has 0 aromatic heterocycles. The van der Waals surface area contributed by atoms with E-state index in [1.807, 2.05) is 18.0 Å². The fourth-order valence-electron chi connectivity index (χ4n) is 1.67. The molecule has 0 heterocycles. The molecular formula is C11H14BrFN2. The van der Waals surface area contributed by atoms with Gasteiger partial charge in [0.05, 0.1) is 10.2 Å². The van der Waals surface area contributed by atoms with E-state index in [0.29, 0.717) is 22.7 Å². The van der Waals surface area contributed by atoms with Crippen molar-refractivity contribution < 1.29 is 4.39 Å². The Labute approximate surface area is 97.4 Å². The molecule has 0 radical (unpaired) electrons. The summed E-state index contributed by atoms with van der Waals surface area (Å²) in [6.07, 6.45) is 2.32. The van der Waals surface area contributed by atoms with E-state index in [1.54, 1.807) is 6.07 Å². The summed E-state index contributed by atoms with van der Waals surface area (Å²) in [6.45, 7) is 0.352. The minimum absolute atomic E-state index is 0.202. The van der Waals surface area contributed by atoms with Gasteiger partial charge in [-0.3, -0.25) is 0 Å². The lowest BCUT2D eigenvalue weighted by molar-refractivity contribution is 0.612. The monoisotopic (exact) mass is 272 g/mol. The average Bonchev–Trinajstić information content (AvgIpc) is 3.04. The lowest BCUT2D eigenvalue weighted by atomic mass is 10.2. The van der Waals surface area contributed by atoms with Gasteiger partial charge < -0.3 is 10.6 Å². The van der Waals surface area contributed by atoms with Gasteiger partial charge in [0.2, 0.25) is 0 Å². The Kier molecular flexibility index (Phi) is 2.98. The number of benzene rings is 1. The zero-order valence-electron chi connectivity index (χ0n) is 8.63. The normalized spacial score (nSPS) is 15.5. The van der Waals surface area contributed by atoms with Crippen LogP contribution in [0.15, 0.2) is 16.6 Å². The van der Waals surface area contributed by atoms with Gasteiger partial charge in [0.1, 0.15) is 0 Å². The first-order valence-electron chi connectivity index (χ1n) is 5.05. The molecule has 2 rings (SSSR count). The minimum Gasteiger partial charge on any atom is -0.369 e. The molecule has 15 heavy (non-hydrogen) atoms. The minimum atomic E-state index is -0.202. The Balaban J connectivity index is 2.36. The van der Waals surface area contributed by atoms with Gasteiger partial charge in [-0.1, -0.05) is 6.07 Å². The van der Waals surface area contributed by atoms with Crippen LogP contribution in [0, 0.1) is 5.82 Å². The standard InChI is InChI=1S/C11H14BrFN2/c1-15(8-3-4-8)9-5-2-7(6-14)10(12)11(9)13/h2,5,8H,3-4,6,14H2,1H3. The molecule has 2 N–H and O–H groups in total. The van der Waals surface area contributed by atoms with Gasteiger partial charge in [0, 0.05) is 19.6 Å². The van der Waals surface area contributed by atoms with Gasteiger partial charge in [-0.05, 0) is 40.4 Å². The number of hydrogen-bond donors (Lipinski definition) is 1.